The highest BCUT2D eigenvalue weighted by Gasteiger charge is 2.25. The predicted molar refractivity (Wildman–Crippen MR) is 76.2 cm³/mol. The van der Waals surface area contributed by atoms with Gasteiger partial charge in [-0.15, -0.1) is 0 Å². The van der Waals surface area contributed by atoms with Crippen LogP contribution in [0.2, 0.25) is 0 Å². The fourth-order valence-electron chi connectivity index (χ4n) is 2.12. The third-order valence-corrected chi connectivity index (χ3v) is 3.05. The molecule has 0 radical (unpaired) electrons. The van der Waals surface area contributed by atoms with E-state index in [1.807, 2.05) is 30.3 Å². The highest BCUT2D eigenvalue weighted by atomic mass is 16.7. The molecule has 2 rings (SSSR count). The second-order valence-electron chi connectivity index (χ2n) is 4.58. The Bertz CT molecular complexity index is 400. The van der Waals surface area contributed by atoms with Crippen LogP contribution in [0.5, 0.6) is 0 Å². The number of carbonyl (C=O) groups is 1. The van der Waals surface area contributed by atoms with Gasteiger partial charge < -0.3 is 25.5 Å². The van der Waals surface area contributed by atoms with Crippen LogP contribution in [-0.4, -0.2) is 47.4 Å². The molecule has 0 bridgehead atoms. The van der Waals surface area contributed by atoms with E-state index < -0.39 is 6.16 Å². The second-order valence-corrected chi connectivity index (χ2v) is 4.58. The fourth-order valence-corrected chi connectivity index (χ4v) is 2.12. The zero-order valence-corrected chi connectivity index (χ0v) is 11.7. The molecule has 21 heavy (non-hydrogen) atoms. The standard InChI is InChI=1S/C12H15NO3.C2H7NO2/c14-12(15)16-10-6-7-13-11(8-10)9-4-2-1-3-5-9;4-2-1-3-5/h1-5,10-11,13H,6-8H2,(H,14,15);3-5H,1-2H2. The maximum Gasteiger partial charge on any atom is 0.506 e. The van der Waals surface area contributed by atoms with Gasteiger partial charge in [-0.1, -0.05) is 30.3 Å². The van der Waals surface area contributed by atoms with Crippen LogP contribution in [0.15, 0.2) is 30.3 Å². The highest BCUT2D eigenvalue weighted by Crippen LogP contribution is 2.24. The molecule has 1 aliphatic rings. The number of rotatable bonds is 4. The summed E-state index contributed by atoms with van der Waals surface area (Å²) in [7, 11) is 0. The van der Waals surface area contributed by atoms with Crippen LogP contribution in [0.1, 0.15) is 24.4 Å². The van der Waals surface area contributed by atoms with Crippen molar-refractivity contribution in [3.8, 4) is 0 Å². The number of hydrogen-bond donors (Lipinski definition) is 5. The SMILES string of the molecule is O=C(O)OC1CCNC(c2ccccc2)C1.OCCNO. The molecule has 7 nitrogen and oxygen atoms in total. The molecule has 7 heteroatoms. The van der Waals surface area contributed by atoms with Gasteiger partial charge in [0.15, 0.2) is 0 Å². The van der Waals surface area contributed by atoms with Gasteiger partial charge in [0.05, 0.1) is 6.61 Å². The Morgan fingerprint density at radius 1 is 1.38 bits per heavy atom. The van der Waals surface area contributed by atoms with Crippen LogP contribution >= 0.6 is 0 Å². The van der Waals surface area contributed by atoms with E-state index in [0.29, 0.717) is 6.42 Å². The summed E-state index contributed by atoms with van der Waals surface area (Å²) < 4.78 is 4.82. The Morgan fingerprint density at radius 3 is 2.62 bits per heavy atom. The van der Waals surface area contributed by atoms with Crippen molar-refractivity contribution in [2.45, 2.75) is 25.0 Å². The minimum absolute atomic E-state index is 0.0174. The van der Waals surface area contributed by atoms with Crippen molar-refractivity contribution in [1.29, 1.82) is 0 Å². The number of benzene rings is 1. The first-order valence-corrected chi connectivity index (χ1v) is 6.83. The minimum Gasteiger partial charge on any atom is -0.450 e. The first-order chi connectivity index (χ1) is 10.2. The molecule has 1 aromatic rings. The monoisotopic (exact) mass is 298 g/mol. The van der Waals surface area contributed by atoms with Gasteiger partial charge >= 0.3 is 6.16 Å². The lowest BCUT2D eigenvalue weighted by atomic mass is 9.95. The van der Waals surface area contributed by atoms with Crippen LogP contribution in [0.4, 0.5) is 4.79 Å². The molecule has 5 N–H and O–H groups in total. The summed E-state index contributed by atoms with van der Waals surface area (Å²) in [5, 5.41) is 27.4. The van der Waals surface area contributed by atoms with E-state index in [0.717, 1.165) is 13.0 Å². The molecule has 0 aliphatic carbocycles. The molecule has 1 aromatic carbocycles. The number of ether oxygens (including phenoxy) is 1. The maximum atomic E-state index is 10.5. The Hall–Kier alpha value is -1.67. The average molecular weight is 298 g/mol. The molecule has 1 saturated heterocycles. The summed E-state index contributed by atoms with van der Waals surface area (Å²) in [5.74, 6) is 0. The molecule has 0 saturated carbocycles. The van der Waals surface area contributed by atoms with Crippen molar-refractivity contribution in [3.05, 3.63) is 35.9 Å². The van der Waals surface area contributed by atoms with E-state index in [1.165, 1.54) is 5.56 Å². The number of aliphatic hydroxyl groups excluding tert-OH is 1. The molecule has 0 amide bonds. The fraction of sp³-hybridized carbons (Fsp3) is 0.500. The van der Waals surface area contributed by atoms with Gasteiger partial charge in [0, 0.05) is 19.0 Å². The first kappa shape index (κ1) is 17.4. The minimum atomic E-state index is -1.18. The van der Waals surface area contributed by atoms with Crippen molar-refractivity contribution >= 4 is 6.16 Å². The van der Waals surface area contributed by atoms with Gasteiger partial charge in [0.1, 0.15) is 6.10 Å². The summed E-state index contributed by atoms with van der Waals surface area (Å²) in [4.78, 5) is 10.5. The van der Waals surface area contributed by atoms with Crippen LogP contribution in [-0.2, 0) is 4.74 Å². The number of hydroxylamine groups is 1. The second kappa shape index (κ2) is 10.1. The highest BCUT2D eigenvalue weighted by molar-refractivity contribution is 5.57. The predicted octanol–water partition coefficient (Wildman–Crippen LogP) is 1.13. The lowest BCUT2D eigenvalue weighted by Gasteiger charge is -2.29. The normalized spacial score (nSPS) is 21.0. The Kier molecular flexibility index (Phi) is 8.37. The lowest BCUT2D eigenvalue weighted by Crippen LogP contribution is -2.36. The Balaban J connectivity index is 0.000000383. The van der Waals surface area contributed by atoms with Crippen molar-refractivity contribution in [2.24, 2.45) is 0 Å². The van der Waals surface area contributed by atoms with Crippen molar-refractivity contribution in [1.82, 2.24) is 10.8 Å². The molecule has 0 spiro atoms. The summed E-state index contributed by atoms with van der Waals surface area (Å²) in [6.45, 7) is 1.02. The van der Waals surface area contributed by atoms with E-state index in [2.05, 4.69) is 5.32 Å². The summed E-state index contributed by atoms with van der Waals surface area (Å²) in [5.41, 5.74) is 2.95. The summed E-state index contributed by atoms with van der Waals surface area (Å²) in [6, 6.07) is 10.2. The number of aliphatic hydroxyl groups is 1. The van der Waals surface area contributed by atoms with Crippen LogP contribution in [0, 0.1) is 0 Å². The lowest BCUT2D eigenvalue weighted by molar-refractivity contribution is 0.0312. The third-order valence-electron chi connectivity index (χ3n) is 3.05. The molecule has 2 unspecified atom stereocenters. The number of carboxylic acid groups (broad SMARTS) is 1. The van der Waals surface area contributed by atoms with E-state index in [-0.39, 0.29) is 25.3 Å². The molecule has 1 aliphatic heterocycles. The molecule has 118 valence electrons. The topological polar surface area (TPSA) is 111 Å². The molecule has 1 fully saturated rings. The smallest absolute Gasteiger partial charge is 0.450 e. The van der Waals surface area contributed by atoms with Gasteiger partial charge in [0.25, 0.3) is 0 Å². The van der Waals surface area contributed by atoms with E-state index in [4.69, 9.17) is 20.2 Å². The van der Waals surface area contributed by atoms with Gasteiger partial charge in [-0.3, -0.25) is 0 Å². The van der Waals surface area contributed by atoms with Crippen molar-refractivity contribution < 1.29 is 25.0 Å². The van der Waals surface area contributed by atoms with Crippen molar-refractivity contribution in [3.63, 3.8) is 0 Å². The van der Waals surface area contributed by atoms with E-state index >= 15 is 0 Å². The third kappa shape index (κ3) is 7.05. The quantitative estimate of drug-likeness (QED) is 0.418. The van der Waals surface area contributed by atoms with Gasteiger partial charge in [0.2, 0.25) is 0 Å². The molecule has 2 atom stereocenters. The summed E-state index contributed by atoms with van der Waals surface area (Å²) in [6.07, 6.45) is 0.0778. The van der Waals surface area contributed by atoms with Gasteiger partial charge in [-0.05, 0) is 18.5 Å². The zero-order chi connectivity index (χ0) is 15.5. The number of nitrogens with one attached hydrogen (secondary N) is 2. The number of hydrogen-bond acceptors (Lipinski definition) is 6. The largest absolute Gasteiger partial charge is 0.506 e. The van der Waals surface area contributed by atoms with Gasteiger partial charge in [-0.25, -0.2) is 10.3 Å². The Morgan fingerprint density at radius 2 is 2.10 bits per heavy atom. The van der Waals surface area contributed by atoms with Gasteiger partial charge in [-0.2, -0.15) is 0 Å². The molecule has 1 heterocycles. The summed E-state index contributed by atoms with van der Waals surface area (Å²) >= 11 is 0. The first-order valence-electron chi connectivity index (χ1n) is 6.83. The average Bonchev–Trinajstić information content (AvgIpc) is 2.49. The van der Waals surface area contributed by atoms with Crippen LogP contribution in [0.25, 0.3) is 0 Å². The molecule has 0 aromatic heterocycles. The Labute approximate surface area is 123 Å². The van der Waals surface area contributed by atoms with E-state index in [1.54, 1.807) is 5.48 Å². The molecular weight excluding hydrogens is 276 g/mol. The molecular formula is C14H22N2O5. The number of piperidine rings is 1. The van der Waals surface area contributed by atoms with Crippen LogP contribution in [0.3, 0.4) is 0 Å². The van der Waals surface area contributed by atoms with E-state index in [9.17, 15) is 4.79 Å². The van der Waals surface area contributed by atoms with Crippen molar-refractivity contribution in [2.75, 3.05) is 19.7 Å². The zero-order valence-electron chi connectivity index (χ0n) is 11.7. The maximum absolute atomic E-state index is 10.5. The van der Waals surface area contributed by atoms with Crippen LogP contribution < -0.4 is 10.8 Å².